The number of hydrogen-bond donors (Lipinski definition) is 2. The minimum atomic E-state index is -0.352. The molecule has 0 bridgehead atoms. The van der Waals surface area contributed by atoms with E-state index in [-0.39, 0.29) is 23.9 Å². The molecule has 3 heterocycles. The number of carbonyl (C=O) groups excluding carboxylic acids is 2. The number of rotatable bonds is 7. The van der Waals surface area contributed by atoms with Gasteiger partial charge in [0, 0.05) is 24.6 Å². The van der Waals surface area contributed by atoms with Crippen molar-refractivity contribution in [1.82, 2.24) is 19.9 Å². The summed E-state index contributed by atoms with van der Waals surface area (Å²) in [5.74, 6) is -0.210. The molecule has 0 radical (unpaired) electrons. The molecule has 0 unspecified atom stereocenters. The summed E-state index contributed by atoms with van der Waals surface area (Å²) in [5, 5.41) is 6.02. The fourth-order valence-corrected chi connectivity index (χ4v) is 4.62. The zero-order valence-electron chi connectivity index (χ0n) is 19.2. The Kier molecular flexibility index (Phi) is 6.83. The average Bonchev–Trinajstić information content (AvgIpc) is 3.17. The third kappa shape index (κ3) is 5.04. The lowest BCUT2D eigenvalue weighted by Crippen LogP contribution is -2.28. The monoisotopic (exact) mass is 475 g/mol. The Bertz CT molecular complexity index is 1390. The average molecular weight is 476 g/mol. The van der Waals surface area contributed by atoms with E-state index in [0.29, 0.717) is 38.8 Å². The highest BCUT2D eigenvalue weighted by atomic mass is 32.1. The normalized spacial score (nSPS) is 11.1. The first-order chi connectivity index (χ1) is 16.3. The predicted octanol–water partition coefficient (Wildman–Crippen LogP) is 3.85. The second-order valence-corrected chi connectivity index (χ2v) is 9.28. The molecule has 0 aliphatic rings. The number of anilines is 1. The van der Waals surface area contributed by atoms with Crippen LogP contribution >= 0.6 is 11.3 Å². The number of fused-ring (bicyclic) bond motifs is 1. The second kappa shape index (κ2) is 9.96. The van der Waals surface area contributed by atoms with Crippen LogP contribution in [0.5, 0.6) is 0 Å². The molecule has 174 valence electrons. The van der Waals surface area contributed by atoms with Gasteiger partial charge >= 0.3 is 0 Å². The largest absolute Gasteiger partial charge is 0.347 e. The van der Waals surface area contributed by atoms with Crippen molar-refractivity contribution in [2.24, 2.45) is 0 Å². The molecule has 0 saturated carbocycles. The Balaban J connectivity index is 1.49. The van der Waals surface area contributed by atoms with E-state index < -0.39 is 0 Å². The number of amides is 2. The second-order valence-electron chi connectivity index (χ2n) is 8.28. The number of nitrogens with one attached hydrogen (secondary N) is 2. The minimum Gasteiger partial charge on any atom is -0.347 e. The zero-order valence-corrected chi connectivity index (χ0v) is 20.0. The molecule has 2 N–H and O–H groups in total. The molecule has 0 spiro atoms. The van der Waals surface area contributed by atoms with Gasteiger partial charge in [-0.25, -0.2) is 4.98 Å². The molecule has 0 aliphatic carbocycles. The molecule has 4 aromatic rings. The lowest BCUT2D eigenvalue weighted by Gasteiger charge is -2.09. The van der Waals surface area contributed by atoms with Gasteiger partial charge in [0.05, 0.1) is 16.6 Å². The van der Waals surface area contributed by atoms with Crippen LogP contribution in [0.25, 0.3) is 10.2 Å². The van der Waals surface area contributed by atoms with Gasteiger partial charge in [-0.05, 0) is 47.7 Å². The van der Waals surface area contributed by atoms with Crippen LogP contribution in [-0.2, 0) is 17.9 Å². The summed E-state index contributed by atoms with van der Waals surface area (Å²) >= 11 is 1.16. The van der Waals surface area contributed by atoms with Crippen LogP contribution in [0.4, 0.5) is 5.69 Å². The summed E-state index contributed by atoms with van der Waals surface area (Å²) < 4.78 is 1.26. The first kappa shape index (κ1) is 23.3. The van der Waals surface area contributed by atoms with Crippen LogP contribution in [0.3, 0.4) is 0 Å². The first-order valence-corrected chi connectivity index (χ1v) is 11.7. The van der Waals surface area contributed by atoms with Crippen molar-refractivity contribution in [3.8, 4) is 0 Å². The van der Waals surface area contributed by atoms with E-state index >= 15 is 0 Å². The van der Waals surface area contributed by atoms with Crippen LogP contribution in [0.1, 0.15) is 46.1 Å². The number of thiophene rings is 1. The van der Waals surface area contributed by atoms with E-state index in [1.165, 1.54) is 16.5 Å². The van der Waals surface area contributed by atoms with Crippen molar-refractivity contribution >= 4 is 39.1 Å². The molecule has 0 fully saturated rings. The van der Waals surface area contributed by atoms with Gasteiger partial charge in [0.25, 0.3) is 11.5 Å². The van der Waals surface area contributed by atoms with Crippen molar-refractivity contribution in [2.75, 3.05) is 5.32 Å². The van der Waals surface area contributed by atoms with Crippen molar-refractivity contribution in [2.45, 2.75) is 39.8 Å². The fourth-order valence-electron chi connectivity index (χ4n) is 3.56. The molecule has 8 nitrogen and oxygen atoms in total. The van der Waals surface area contributed by atoms with Crippen LogP contribution in [-0.4, -0.2) is 26.3 Å². The summed E-state index contributed by atoms with van der Waals surface area (Å²) in [6, 6.07) is 11.3. The topological polar surface area (TPSA) is 106 Å². The highest BCUT2D eigenvalue weighted by Crippen LogP contribution is 2.26. The van der Waals surface area contributed by atoms with Crippen LogP contribution in [0.2, 0.25) is 0 Å². The molecule has 4 rings (SSSR count). The van der Waals surface area contributed by atoms with Crippen molar-refractivity contribution in [1.29, 1.82) is 0 Å². The highest BCUT2D eigenvalue weighted by Gasteiger charge is 2.20. The van der Waals surface area contributed by atoms with Gasteiger partial charge in [0.1, 0.15) is 11.4 Å². The van der Waals surface area contributed by atoms with Gasteiger partial charge in [-0.1, -0.05) is 32.0 Å². The number of hydrogen-bond acceptors (Lipinski definition) is 6. The van der Waals surface area contributed by atoms with Gasteiger partial charge in [0.15, 0.2) is 0 Å². The molecule has 3 aromatic heterocycles. The third-order valence-corrected chi connectivity index (χ3v) is 6.67. The van der Waals surface area contributed by atoms with Crippen molar-refractivity contribution in [3.05, 3.63) is 87.0 Å². The Morgan fingerprint density at radius 3 is 2.59 bits per heavy atom. The molecule has 0 aliphatic heterocycles. The van der Waals surface area contributed by atoms with E-state index in [0.717, 1.165) is 16.9 Å². The number of pyridine rings is 1. The van der Waals surface area contributed by atoms with E-state index in [9.17, 15) is 14.4 Å². The molecule has 0 atom stereocenters. The molecule has 0 saturated heterocycles. The van der Waals surface area contributed by atoms with E-state index in [1.807, 2.05) is 30.3 Å². The molecule has 1 aromatic carbocycles. The van der Waals surface area contributed by atoms with Gasteiger partial charge in [0.2, 0.25) is 5.91 Å². The maximum absolute atomic E-state index is 13.1. The Hall–Kier alpha value is -3.85. The number of carbonyl (C=O) groups is 2. The maximum Gasteiger partial charge on any atom is 0.262 e. The number of benzene rings is 1. The number of aryl methyl sites for hydroxylation is 1. The zero-order chi connectivity index (χ0) is 24.2. The smallest absolute Gasteiger partial charge is 0.262 e. The Labute approximate surface area is 200 Å². The first-order valence-electron chi connectivity index (χ1n) is 10.9. The summed E-state index contributed by atoms with van der Waals surface area (Å²) in [6.45, 7) is 6.08. The molecular weight excluding hydrogens is 450 g/mol. The predicted molar refractivity (Wildman–Crippen MR) is 133 cm³/mol. The summed E-state index contributed by atoms with van der Waals surface area (Å²) in [4.78, 5) is 47.6. The summed E-state index contributed by atoms with van der Waals surface area (Å²) in [5.41, 5.74) is 2.92. The van der Waals surface area contributed by atoms with Crippen molar-refractivity contribution in [3.63, 3.8) is 0 Å². The third-order valence-electron chi connectivity index (χ3n) is 5.47. The number of aromatic nitrogens is 3. The number of nitrogens with zero attached hydrogens (tertiary/aromatic N) is 3. The lowest BCUT2D eigenvalue weighted by atomic mass is 10.0. The highest BCUT2D eigenvalue weighted by molar-refractivity contribution is 7.20. The quantitative estimate of drug-likeness (QED) is 0.422. The van der Waals surface area contributed by atoms with Crippen LogP contribution in [0.15, 0.2) is 59.9 Å². The van der Waals surface area contributed by atoms with Gasteiger partial charge < -0.3 is 10.6 Å². The minimum absolute atomic E-state index is 0.175. The van der Waals surface area contributed by atoms with E-state index in [1.54, 1.807) is 25.4 Å². The summed E-state index contributed by atoms with van der Waals surface area (Å²) in [7, 11) is 0. The van der Waals surface area contributed by atoms with E-state index in [2.05, 4.69) is 34.4 Å². The van der Waals surface area contributed by atoms with Crippen molar-refractivity contribution < 1.29 is 9.59 Å². The van der Waals surface area contributed by atoms with Gasteiger partial charge in [-0.2, -0.15) is 0 Å². The van der Waals surface area contributed by atoms with E-state index in [4.69, 9.17) is 0 Å². The Morgan fingerprint density at radius 1 is 1.15 bits per heavy atom. The van der Waals surface area contributed by atoms with Gasteiger partial charge in [-0.15, -0.1) is 11.3 Å². The molecule has 9 heteroatoms. The SMILES string of the molecule is Cc1c(C(=O)NCc2cccnc2)sc2ncn(CC(=O)Nc3ccc(C(C)C)cc3)c(=O)c12. The van der Waals surface area contributed by atoms with Crippen LogP contribution < -0.4 is 16.2 Å². The summed E-state index contributed by atoms with van der Waals surface area (Å²) in [6.07, 6.45) is 4.70. The molecule has 34 heavy (non-hydrogen) atoms. The van der Waals surface area contributed by atoms with Gasteiger partial charge in [-0.3, -0.25) is 23.9 Å². The Morgan fingerprint density at radius 2 is 1.91 bits per heavy atom. The maximum atomic E-state index is 13.1. The molecule has 2 amide bonds. The van der Waals surface area contributed by atoms with Crippen LogP contribution in [0, 0.1) is 6.92 Å². The molecular formula is C25H25N5O3S. The lowest BCUT2D eigenvalue weighted by molar-refractivity contribution is -0.116. The standard InChI is InChI=1S/C25H25N5O3S/c1-15(2)18-6-8-19(9-7-18)29-20(31)13-30-14-28-24-21(25(30)33)16(3)22(34-24)23(32)27-12-17-5-4-10-26-11-17/h4-11,14-15H,12-13H2,1-3H3,(H,27,32)(H,29,31). The fraction of sp³-hybridized carbons (Fsp3) is 0.240.